The fraction of sp³-hybridized carbons (Fsp3) is 0.500. The van der Waals surface area contributed by atoms with Gasteiger partial charge in [-0.1, -0.05) is 33.4 Å². The number of rotatable bonds is 3. The van der Waals surface area contributed by atoms with Crippen molar-refractivity contribution in [2.75, 3.05) is 0 Å². The first-order chi connectivity index (χ1) is 5.06. The lowest BCUT2D eigenvalue weighted by atomic mass is 9.93. The Kier molecular flexibility index (Phi) is 4.51. The zero-order valence-corrected chi connectivity index (χ0v) is 7.67. The van der Waals surface area contributed by atoms with Crippen LogP contribution in [-0.2, 0) is 0 Å². The Hall–Kier alpha value is -0.850. The van der Waals surface area contributed by atoms with Crippen molar-refractivity contribution in [3.05, 3.63) is 24.9 Å². The SMILES string of the molecule is C=C/C=C\N=C/CC(C)(C)C. The third-order valence-corrected chi connectivity index (χ3v) is 1.12. The normalized spacial score (nSPS) is 13.0. The van der Waals surface area contributed by atoms with E-state index in [1.165, 1.54) is 0 Å². The Morgan fingerprint density at radius 1 is 1.36 bits per heavy atom. The van der Waals surface area contributed by atoms with E-state index < -0.39 is 0 Å². The highest BCUT2D eigenvalue weighted by Gasteiger charge is 2.06. The maximum Gasteiger partial charge on any atom is 0.0263 e. The van der Waals surface area contributed by atoms with Crippen LogP contribution >= 0.6 is 0 Å². The van der Waals surface area contributed by atoms with E-state index in [4.69, 9.17) is 0 Å². The van der Waals surface area contributed by atoms with Crippen LogP contribution in [0.3, 0.4) is 0 Å². The van der Waals surface area contributed by atoms with Crippen molar-refractivity contribution in [2.24, 2.45) is 10.4 Å². The number of hydrogen-bond donors (Lipinski definition) is 0. The second-order valence-corrected chi connectivity index (χ2v) is 3.67. The van der Waals surface area contributed by atoms with Crippen LogP contribution in [0.15, 0.2) is 29.9 Å². The third-order valence-electron chi connectivity index (χ3n) is 1.12. The number of hydrogen-bond acceptors (Lipinski definition) is 1. The highest BCUT2D eigenvalue weighted by Crippen LogP contribution is 2.15. The van der Waals surface area contributed by atoms with Gasteiger partial charge in [-0.05, 0) is 17.9 Å². The van der Waals surface area contributed by atoms with Crippen molar-refractivity contribution in [1.82, 2.24) is 0 Å². The van der Waals surface area contributed by atoms with Gasteiger partial charge in [-0.2, -0.15) is 0 Å². The van der Waals surface area contributed by atoms with Gasteiger partial charge in [0, 0.05) is 12.4 Å². The summed E-state index contributed by atoms with van der Waals surface area (Å²) in [7, 11) is 0. The molecule has 0 unspecified atom stereocenters. The fourth-order valence-electron chi connectivity index (χ4n) is 0.498. The number of nitrogens with zero attached hydrogens (tertiary/aromatic N) is 1. The Balaban J connectivity index is 3.61. The molecule has 0 aromatic heterocycles. The van der Waals surface area contributed by atoms with Gasteiger partial charge in [-0.3, -0.25) is 4.99 Å². The van der Waals surface area contributed by atoms with Crippen LogP contribution in [0, 0.1) is 5.41 Å². The molecule has 1 heteroatoms. The highest BCUT2D eigenvalue weighted by molar-refractivity contribution is 5.58. The summed E-state index contributed by atoms with van der Waals surface area (Å²) in [5, 5.41) is 0. The molecule has 62 valence electrons. The molecule has 0 aliphatic rings. The van der Waals surface area contributed by atoms with Gasteiger partial charge < -0.3 is 0 Å². The summed E-state index contributed by atoms with van der Waals surface area (Å²) in [5.74, 6) is 0. The summed E-state index contributed by atoms with van der Waals surface area (Å²) in [6, 6.07) is 0. The topological polar surface area (TPSA) is 12.4 Å². The van der Waals surface area contributed by atoms with Crippen LogP contribution < -0.4 is 0 Å². The summed E-state index contributed by atoms with van der Waals surface area (Å²) in [5.41, 5.74) is 0.339. The van der Waals surface area contributed by atoms with E-state index in [0.29, 0.717) is 5.41 Å². The average molecular weight is 151 g/mol. The van der Waals surface area contributed by atoms with E-state index in [9.17, 15) is 0 Å². The van der Waals surface area contributed by atoms with Gasteiger partial charge in [0.2, 0.25) is 0 Å². The molecule has 0 amide bonds. The van der Waals surface area contributed by atoms with Crippen LogP contribution in [0.2, 0.25) is 0 Å². The molecular formula is C10H17N. The number of allylic oxidation sites excluding steroid dienone is 2. The molecule has 0 N–H and O–H groups in total. The molecule has 0 radical (unpaired) electrons. The van der Waals surface area contributed by atoms with Crippen LogP contribution in [0.1, 0.15) is 27.2 Å². The molecule has 0 aromatic carbocycles. The molecule has 0 bridgehead atoms. The molecule has 0 heterocycles. The van der Waals surface area contributed by atoms with Crippen LogP contribution in [0.25, 0.3) is 0 Å². The predicted octanol–water partition coefficient (Wildman–Crippen LogP) is 3.19. The first-order valence-electron chi connectivity index (χ1n) is 3.85. The van der Waals surface area contributed by atoms with Gasteiger partial charge in [0.15, 0.2) is 0 Å². The summed E-state index contributed by atoms with van der Waals surface area (Å²) < 4.78 is 0. The maximum absolute atomic E-state index is 4.07. The Morgan fingerprint density at radius 2 is 2.00 bits per heavy atom. The Labute approximate surface area is 69.5 Å². The molecule has 1 nitrogen and oxygen atoms in total. The van der Waals surface area contributed by atoms with E-state index in [2.05, 4.69) is 32.3 Å². The number of aliphatic imine (C=N–C) groups is 1. The molecule has 0 rings (SSSR count). The molecule has 11 heavy (non-hydrogen) atoms. The standard InChI is InChI=1S/C10H17N/c1-5-6-8-11-9-7-10(2,3)4/h5-6,8-9H,1,7H2,2-4H3/b8-6-,11-9-. The second kappa shape index (κ2) is 4.89. The lowest BCUT2D eigenvalue weighted by Gasteiger charge is -2.13. The molecule has 0 saturated carbocycles. The quantitative estimate of drug-likeness (QED) is 0.434. The minimum atomic E-state index is 0.339. The first-order valence-corrected chi connectivity index (χ1v) is 3.85. The predicted molar refractivity (Wildman–Crippen MR) is 51.9 cm³/mol. The smallest absolute Gasteiger partial charge is 0.0263 e. The van der Waals surface area contributed by atoms with E-state index in [-0.39, 0.29) is 0 Å². The Morgan fingerprint density at radius 3 is 2.45 bits per heavy atom. The van der Waals surface area contributed by atoms with Crippen molar-refractivity contribution in [3.8, 4) is 0 Å². The zero-order valence-electron chi connectivity index (χ0n) is 7.67. The zero-order chi connectivity index (χ0) is 8.74. The molecule has 0 atom stereocenters. The summed E-state index contributed by atoms with van der Waals surface area (Å²) in [6.07, 6.45) is 8.22. The molecule has 0 fully saturated rings. The van der Waals surface area contributed by atoms with E-state index in [1.807, 2.05) is 12.3 Å². The van der Waals surface area contributed by atoms with E-state index >= 15 is 0 Å². The van der Waals surface area contributed by atoms with E-state index in [0.717, 1.165) is 6.42 Å². The van der Waals surface area contributed by atoms with Gasteiger partial charge in [0.1, 0.15) is 0 Å². The van der Waals surface area contributed by atoms with Crippen molar-refractivity contribution in [1.29, 1.82) is 0 Å². The minimum Gasteiger partial charge on any atom is -0.269 e. The van der Waals surface area contributed by atoms with Crippen molar-refractivity contribution >= 4 is 6.21 Å². The fourth-order valence-corrected chi connectivity index (χ4v) is 0.498. The maximum atomic E-state index is 4.07. The first kappa shape index (κ1) is 10.2. The Bertz CT molecular complexity index is 158. The molecule has 0 spiro atoms. The van der Waals surface area contributed by atoms with Crippen LogP contribution in [0.5, 0.6) is 0 Å². The molecule has 0 aromatic rings. The minimum absolute atomic E-state index is 0.339. The van der Waals surface area contributed by atoms with Gasteiger partial charge in [0.25, 0.3) is 0 Å². The van der Waals surface area contributed by atoms with Crippen molar-refractivity contribution in [2.45, 2.75) is 27.2 Å². The third kappa shape index (κ3) is 9.15. The van der Waals surface area contributed by atoms with Crippen molar-refractivity contribution < 1.29 is 0 Å². The lowest BCUT2D eigenvalue weighted by molar-refractivity contribution is 0.437. The van der Waals surface area contributed by atoms with Crippen LogP contribution in [-0.4, -0.2) is 6.21 Å². The molecule has 0 aliphatic heterocycles. The van der Waals surface area contributed by atoms with Gasteiger partial charge >= 0.3 is 0 Å². The lowest BCUT2D eigenvalue weighted by Crippen LogP contribution is -2.04. The summed E-state index contributed by atoms with van der Waals surface area (Å²) in [6.45, 7) is 10.1. The largest absolute Gasteiger partial charge is 0.269 e. The second-order valence-electron chi connectivity index (χ2n) is 3.67. The summed E-state index contributed by atoms with van der Waals surface area (Å²) in [4.78, 5) is 4.07. The van der Waals surface area contributed by atoms with Gasteiger partial charge in [-0.25, -0.2) is 0 Å². The van der Waals surface area contributed by atoms with Crippen molar-refractivity contribution in [3.63, 3.8) is 0 Å². The van der Waals surface area contributed by atoms with E-state index in [1.54, 1.807) is 12.3 Å². The van der Waals surface area contributed by atoms with Crippen LogP contribution in [0.4, 0.5) is 0 Å². The molecule has 0 aliphatic carbocycles. The molecule has 0 saturated heterocycles. The van der Waals surface area contributed by atoms with Gasteiger partial charge in [0.05, 0.1) is 0 Å². The molecular weight excluding hydrogens is 134 g/mol. The average Bonchev–Trinajstić information content (AvgIpc) is 1.85. The highest BCUT2D eigenvalue weighted by atomic mass is 14.7. The van der Waals surface area contributed by atoms with Gasteiger partial charge in [-0.15, -0.1) is 0 Å². The monoisotopic (exact) mass is 151 g/mol. The summed E-state index contributed by atoms with van der Waals surface area (Å²) >= 11 is 0.